The molecule has 5 heteroatoms. The first-order chi connectivity index (χ1) is 9.08. The van der Waals surface area contributed by atoms with Crippen molar-refractivity contribution in [1.82, 2.24) is 0 Å². The number of benzene rings is 1. The summed E-state index contributed by atoms with van der Waals surface area (Å²) in [6.07, 6.45) is 1.39. The van der Waals surface area contributed by atoms with E-state index in [0.717, 1.165) is 5.56 Å². The largest absolute Gasteiger partial charge is 0.468 e. The van der Waals surface area contributed by atoms with Crippen LogP contribution in [-0.4, -0.2) is 26.2 Å². The molecule has 1 aromatic carbocycles. The molecule has 1 heterocycles. The van der Waals surface area contributed by atoms with Crippen molar-refractivity contribution in [2.45, 2.75) is 12.8 Å². The van der Waals surface area contributed by atoms with Crippen LogP contribution >= 0.6 is 0 Å². The van der Waals surface area contributed by atoms with Crippen molar-refractivity contribution in [3.8, 4) is 0 Å². The zero-order valence-corrected chi connectivity index (χ0v) is 10.9. The molecule has 0 fully saturated rings. The molecule has 0 N–H and O–H groups in total. The number of furan rings is 1. The highest BCUT2D eigenvalue weighted by atomic mass is 16.5. The monoisotopic (exact) mass is 262 g/mol. The zero-order valence-electron chi connectivity index (χ0n) is 10.9. The first kappa shape index (κ1) is 13.1. The molecule has 0 bridgehead atoms. The fraction of sp³-hybridized carbons (Fsp3) is 0.286. The number of hydrogen-bond donors (Lipinski definition) is 0. The Kier molecular flexibility index (Phi) is 3.55. The second-order valence-electron chi connectivity index (χ2n) is 4.17. The second kappa shape index (κ2) is 5.14. The lowest BCUT2D eigenvalue weighted by Gasteiger charge is -2.11. The van der Waals surface area contributed by atoms with Crippen LogP contribution in [0.3, 0.4) is 0 Å². The summed E-state index contributed by atoms with van der Waals surface area (Å²) in [4.78, 5) is 23.5. The van der Waals surface area contributed by atoms with E-state index in [1.54, 1.807) is 6.07 Å². The fourth-order valence-corrected chi connectivity index (χ4v) is 1.97. The lowest BCUT2D eigenvalue weighted by molar-refractivity contribution is -0.154. The summed E-state index contributed by atoms with van der Waals surface area (Å²) in [5.74, 6) is -2.47. The van der Waals surface area contributed by atoms with Gasteiger partial charge in [0, 0.05) is 10.9 Å². The summed E-state index contributed by atoms with van der Waals surface area (Å²) in [6.45, 7) is 1.92. The number of carbonyl (C=O) groups excluding carboxylic acids is 2. The van der Waals surface area contributed by atoms with Crippen LogP contribution < -0.4 is 0 Å². The number of rotatable bonds is 3. The van der Waals surface area contributed by atoms with Crippen LogP contribution in [0.1, 0.15) is 17.0 Å². The average molecular weight is 262 g/mol. The van der Waals surface area contributed by atoms with E-state index < -0.39 is 17.9 Å². The number of aryl methyl sites for hydroxylation is 1. The number of esters is 2. The van der Waals surface area contributed by atoms with Gasteiger partial charge in [0.05, 0.1) is 20.5 Å². The topological polar surface area (TPSA) is 65.7 Å². The van der Waals surface area contributed by atoms with Crippen molar-refractivity contribution < 1.29 is 23.5 Å². The minimum atomic E-state index is -1.13. The van der Waals surface area contributed by atoms with Crippen molar-refractivity contribution in [3.63, 3.8) is 0 Å². The number of methoxy groups -OCH3 is 2. The van der Waals surface area contributed by atoms with Gasteiger partial charge in [-0.25, -0.2) is 0 Å². The Morgan fingerprint density at radius 1 is 1.16 bits per heavy atom. The van der Waals surface area contributed by atoms with Gasteiger partial charge in [-0.05, 0) is 19.1 Å². The van der Waals surface area contributed by atoms with Crippen molar-refractivity contribution >= 4 is 22.9 Å². The molecule has 0 unspecified atom stereocenters. The van der Waals surface area contributed by atoms with E-state index >= 15 is 0 Å². The van der Waals surface area contributed by atoms with E-state index in [1.807, 2.05) is 19.1 Å². The minimum Gasteiger partial charge on any atom is -0.468 e. The van der Waals surface area contributed by atoms with E-state index in [4.69, 9.17) is 4.42 Å². The molecule has 5 nitrogen and oxygen atoms in total. The maximum absolute atomic E-state index is 11.8. The smallest absolute Gasteiger partial charge is 0.324 e. The fourth-order valence-electron chi connectivity index (χ4n) is 1.97. The standard InChI is InChI=1S/C14H14O5/c1-8-4-5-11-9(6-8)10(7-19-11)12(13(15)17-2)14(16)18-3/h4-7,12H,1-3H3. The molecule has 1 aromatic heterocycles. The van der Waals surface area contributed by atoms with Crippen molar-refractivity contribution in [2.75, 3.05) is 14.2 Å². The van der Waals surface area contributed by atoms with Gasteiger partial charge in [-0.1, -0.05) is 11.6 Å². The molecule has 0 radical (unpaired) electrons. The maximum atomic E-state index is 11.8. The minimum absolute atomic E-state index is 0.456. The molecule has 100 valence electrons. The predicted octanol–water partition coefficient (Wildman–Crippen LogP) is 2.17. The first-order valence-electron chi connectivity index (χ1n) is 5.72. The van der Waals surface area contributed by atoms with Gasteiger partial charge in [0.15, 0.2) is 5.92 Å². The predicted molar refractivity (Wildman–Crippen MR) is 67.7 cm³/mol. The number of hydrogen-bond acceptors (Lipinski definition) is 5. The highest BCUT2D eigenvalue weighted by molar-refractivity contribution is 6.04. The number of ether oxygens (including phenoxy) is 2. The first-order valence-corrected chi connectivity index (χ1v) is 5.72. The Bertz CT molecular complexity index is 610. The maximum Gasteiger partial charge on any atom is 0.324 e. The summed E-state index contributed by atoms with van der Waals surface area (Å²) in [5.41, 5.74) is 2.07. The molecule has 0 aliphatic carbocycles. The third-order valence-electron chi connectivity index (χ3n) is 2.94. The summed E-state index contributed by atoms with van der Waals surface area (Å²) in [5, 5.41) is 0.709. The quantitative estimate of drug-likeness (QED) is 0.626. The van der Waals surface area contributed by atoms with Crippen LogP contribution in [0.2, 0.25) is 0 Å². The second-order valence-corrected chi connectivity index (χ2v) is 4.17. The van der Waals surface area contributed by atoms with E-state index in [9.17, 15) is 9.59 Å². The van der Waals surface area contributed by atoms with Crippen molar-refractivity contribution in [3.05, 3.63) is 35.6 Å². The molecule has 0 spiro atoms. The van der Waals surface area contributed by atoms with Crippen molar-refractivity contribution in [1.29, 1.82) is 0 Å². The normalized spacial score (nSPS) is 10.7. The van der Waals surface area contributed by atoms with Gasteiger partial charge < -0.3 is 13.9 Å². The highest BCUT2D eigenvalue weighted by Gasteiger charge is 2.33. The zero-order chi connectivity index (χ0) is 14.0. The van der Waals surface area contributed by atoms with Gasteiger partial charge in [-0.15, -0.1) is 0 Å². The molecular formula is C14H14O5. The van der Waals surface area contributed by atoms with Gasteiger partial charge in [0.25, 0.3) is 0 Å². The molecule has 19 heavy (non-hydrogen) atoms. The molecule has 0 aliphatic heterocycles. The summed E-state index contributed by atoms with van der Waals surface area (Å²) in [7, 11) is 2.46. The average Bonchev–Trinajstić information content (AvgIpc) is 2.81. The van der Waals surface area contributed by atoms with Crippen molar-refractivity contribution in [2.24, 2.45) is 0 Å². The van der Waals surface area contributed by atoms with Crippen LogP contribution in [0.5, 0.6) is 0 Å². The molecule has 0 atom stereocenters. The lowest BCUT2D eigenvalue weighted by Crippen LogP contribution is -2.24. The van der Waals surface area contributed by atoms with Crippen LogP contribution in [-0.2, 0) is 19.1 Å². The molecular weight excluding hydrogens is 248 g/mol. The molecule has 2 rings (SSSR count). The Balaban J connectivity index is 2.59. The Labute approximate surface area is 110 Å². The molecule has 0 amide bonds. The number of carbonyl (C=O) groups is 2. The van der Waals surface area contributed by atoms with Gasteiger partial charge >= 0.3 is 11.9 Å². The van der Waals surface area contributed by atoms with Gasteiger partial charge in [0.2, 0.25) is 0 Å². The third-order valence-corrected chi connectivity index (χ3v) is 2.94. The summed E-state index contributed by atoms with van der Waals surface area (Å²) >= 11 is 0. The van der Waals surface area contributed by atoms with E-state index in [2.05, 4.69) is 9.47 Å². The van der Waals surface area contributed by atoms with E-state index in [0.29, 0.717) is 16.5 Å². The van der Waals surface area contributed by atoms with Gasteiger partial charge in [-0.3, -0.25) is 9.59 Å². The SMILES string of the molecule is COC(=O)C(C(=O)OC)c1coc2ccc(C)cc12. The van der Waals surface area contributed by atoms with Gasteiger partial charge in [0.1, 0.15) is 5.58 Å². The molecule has 0 saturated heterocycles. The Morgan fingerprint density at radius 3 is 2.37 bits per heavy atom. The highest BCUT2D eigenvalue weighted by Crippen LogP contribution is 2.30. The molecule has 2 aromatic rings. The Hall–Kier alpha value is -2.30. The van der Waals surface area contributed by atoms with Gasteiger partial charge in [-0.2, -0.15) is 0 Å². The van der Waals surface area contributed by atoms with Crippen LogP contribution in [0.15, 0.2) is 28.9 Å². The molecule has 0 aliphatic rings. The van der Waals surface area contributed by atoms with E-state index in [-0.39, 0.29) is 0 Å². The van der Waals surface area contributed by atoms with E-state index in [1.165, 1.54) is 20.5 Å². The summed E-state index contributed by atoms with van der Waals surface area (Å²) in [6, 6.07) is 5.54. The van der Waals surface area contributed by atoms with Crippen LogP contribution in [0, 0.1) is 6.92 Å². The molecule has 0 saturated carbocycles. The van der Waals surface area contributed by atoms with Crippen LogP contribution in [0.25, 0.3) is 11.0 Å². The Morgan fingerprint density at radius 2 is 1.79 bits per heavy atom. The van der Waals surface area contributed by atoms with Crippen LogP contribution in [0.4, 0.5) is 0 Å². The summed E-state index contributed by atoms with van der Waals surface area (Å²) < 4.78 is 14.7. The number of fused-ring (bicyclic) bond motifs is 1. The third kappa shape index (κ3) is 2.31. The lowest BCUT2D eigenvalue weighted by atomic mass is 9.98.